The minimum atomic E-state index is -0.492. The summed E-state index contributed by atoms with van der Waals surface area (Å²) in [5.74, 6) is -0.676. The lowest BCUT2D eigenvalue weighted by molar-refractivity contribution is -0.117. The highest BCUT2D eigenvalue weighted by molar-refractivity contribution is 6.34. The highest BCUT2D eigenvalue weighted by Crippen LogP contribution is 2.31. The summed E-state index contributed by atoms with van der Waals surface area (Å²) in [6.07, 6.45) is 1.80. The van der Waals surface area contributed by atoms with Gasteiger partial charge in [0, 0.05) is 22.9 Å². The van der Waals surface area contributed by atoms with Gasteiger partial charge in [-0.3, -0.25) is 19.2 Å². The SMILES string of the molecule is CCOc1ccc(N2C(=O)c3ccc(C(=O)Nc4cccc(NC(=O)C5CC5)c4)cc3C2=O)cc1. The van der Waals surface area contributed by atoms with Crippen molar-refractivity contribution in [3.05, 3.63) is 83.4 Å². The van der Waals surface area contributed by atoms with Gasteiger partial charge in [0.1, 0.15) is 5.75 Å². The first-order chi connectivity index (χ1) is 16.9. The maximum atomic E-state index is 13.1. The number of ether oxygens (including phenoxy) is 1. The van der Waals surface area contributed by atoms with E-state index in [9.17, 15) is 19.2 Å². The lowest BCUT2D eigenvalue weighted by atomic mass is 10.1. The Balaban J connectivity index is 1.32. The van der Waals surface area contributed by atoms with Gasteiger partial charge in [0.15, 0.2) is 0 Å². The average molecular weight is 469 g/mol. The number of imide groups is 1. The standard InChI is InChI=1S/C27H23N3O5/c1-2-35-21-11-9-20(10-12-21)30-26(33)22-13-8-17(14-23(22)27(30)34)25(32)29-19-5-3-4-18(15-19)28-24(31)16-6-7-16/h3-5,8-16H,2,6-7H2,1H3,(H,28,31)(H,29,32). The Hall–Kier alpha value is -4.46. The van der Waals surface area contributed by atoms with E-state index < -0.39 is 17.7 Å². The van der Waals surface area contributed by atoms with Gasteiger partial charge >= 0.3 is 0 Å². The lowest BCUT2D eigenvalue weighted by Crippen LogP contribution is -2.29. The number of hydrogen-bond donors (Lipinski definition) is 2. The quantitative estimate of drug-likeness (QED) is 0.496. The van der Waals surface area contributed by atoms with Crippen LogP contribution in [0.15, 0.2) is 66.7 Å². The van der Waals surface area contributed by atoms with E-state index in [0.29, 0.717) is 29.4 Å². The molecule has 35 heavy (non-hydrogen) atoms. The second kappa shape index (κ2) is 9.06. The minimum Gasteiger partial charge on any atom is -0.494 e. The second-order valence-electron chi connectivity index (χ2n) is 8.43. The molecule has 5 rings (SSSR count). The zero-order valence-electron chi connectivity index (χ0n) is 19.0. The smallest absolute Gasteiger partial charge is 0.266 e. The van der Waals surface area contributed by atoms with Gasteiger partial charge in [-0.25, -0.2) is 4.90 Å². The van der Waals surface area contributed by atoms with Gasteiger partial charge in [0.2, 0.25) is 5.91 Å². The molecular formula is C27H23N3O5. The summed E-state index contributed by atoms with van der Waals surface area (Å²) in [6, 6.07) is 18.0. The van der Waals surface area contributed by atoms with Gasteiger partial charge in [0.25, 0.3) is 17.7 Å². The molecule has 3 aromatic carbocycles. The number of hydrogen-bond acceptors (Lipinski definition) is 5. The molecule has 1 aliphatic heterocycles. The first kappa shape index (κ1) is 22.3. The fraction of sp³-hybridized carbons (Fsp3) is 0.185. The van der Waals surface area contributed by atoms with E-state index in [2.05, 4.69) is 10.6 Å². The predicted octanol–water partition coefficient (Wildman–Crippen LogP) is 4.49. The van der Waals surface area contributed by atoms with E-state index >= 15 is 0 Å². The van der Waals surface area contributed by atoms with Gasteiger partial charge < -0.3 is 15.4 Å². The van der Waals surface area contributed by atoms with E-state index in [1.807, 2.05) is 6.92 Å². The third-order valence-corrected chi connectivity index (χ3v) is 5.89. The molecule has 0 atom stereocenters. The highest BCUT2D eigenvalue weighted by Gasteiger charge is 2.37. The molecular weight excluding hydrogens is 446 g/mol. The van der Waals surface area contributed by atoms with E-state index in [4.69, 9.17) is 4.74 Å². The molecule has 8 nitrogen and oxygen atoms in total. The fourth-order valence-electron chi connectivity index (χ4n) is 3.94. The van der Waals surface area contributed by atoms with Crippen LogP contribution < -0.4 is 20.3 Å². The molecule has 2 aliphatic rings. The Morgan fingerprint density at radius 2 is 1.57 bits per heavy atom. The Bertz CT molecular complexity index is 1350. The molecule has 3 aromatic rings. The number of benzene rings is 3. The second-order valence-corrected chi connectivity index (χ2v) is 8.43. The van der Waals surface area contributed by atoms with Crippen molar-refractivity contribution in [1.29, 1.82) is 0 Å². The van der Waals surface area contributed by atoms with Crippen molar-refractivity contribution < 1.29 is 23.9 Å². The molecule has 2 N–H and O–H groups in total. The predicted molar refractivity (Wildman–Crippen MR) is 131 cm³/mol. The first-order valence-electron chi connectivity index (χ1n) is 11.4. The molecule has 8 heteroatoms. The van der Waals surface area contributed by atoms with E-state index in [1.54, 1.807) is 48.5 Å². The molecule has 1 fully saturated rings. The molecule has 1 aliphatic carbocycles. The molecule has 0 unspecified atom stereocenters. The van der Waals surface area contributed by atoms with E-state index in [-0.39, 0.29) is 28.5 Å². The van der Waals surface area contributed by atoms with Crippen molar-refractivity contribution >= 4 is 40.7 Å². The summed E-state index contributed by atoms with van der Waals surface area (Å²) in [5.41, 5.74) is 2.18. The van der Waals surface area contributed by atoms with Crippen LogP contribution in [0.5, 0.6) is 5.75 Å². The summed E-state index contributed by atoms with van der Waals surface area (Å²) in [5, 5.41) is 5.63. The molecule has 0 radical (unpaired) electrons. The van der Waals surface area contributed by atoms with Crippen LogP contribution in [0.2, 0.25) is 0 Å². The Morgan fingerprint density at radius 3 is 2.26 bits per heavy atom. The van der Waals surface area contributed by atoms with Gasteiger partial charge in [-0.15, -0.1) is 0 Å². The summed E-state index contributed by atoms with van der Waals surface area (Å²) >= 11 is 0. The van der Waals surface area contributed by atoms with Crippen LogP contribution in [-0.2, 0) is 4.79 Å². The van der Waals surface area contributed by atoms with Crippen LogP contribution in [-0.4, -0.2) is 30.2 Å². The van der Waals surface area contributed by atoms with Crippen LogP contribution in [0.3, 0.4) is 0 Å². The average Bonchev–Trinajstić information content (AvgIpc) is 3.67. The number of carbonyl (C=O) groups excluding carboxylic acids is 4. The molecule has 1 saturated carbocycles. The molecule has 0 aromatic heterocycles. The highest BCUT2D eigenvalue weighted by atomic mass is 16.5. The minimum absolute atomic E-state index is 0.0210. The van der Waals surface area contributed by atoms with Crippen LogP contribution in [0.25, 0.3) is 0 Å². The van der Waals surface area contributed by atoms with Crippen LogP contribution in [0.4, 0.5) is 17.1 Å². The van der Waals surface area contributed by atoms with Gasteiger partial charge in [-0.05, 0) is 80.4 Å². The summed E-state index contributed by atoms with van der Waals surface area (Å²) in [4.78, 5) is 51.9. The van der Waals surface area contributed by atoms with Crippen molar-refractivity contribution in [2.75, 3.05) is 22.1 Å². The van der Waals surface area contributed by atoms with E-state index in [0.717, 1.165) is 17.7 Å². The Kier molecular flexibility index (Phi) is 5.78. The van der Waals surface area contributed by atoms with Crippen molar-refractivity contribution in [2.24, 2.45) is 5.92 Å². The summed E-state index contributed by atoms with van der Waals surface area (Å²) < 4.78 is 5.42. The summed E-state index contributed by atoms with van der Waals surface area (Å²) in [6.45, 7) is 2.38. The Labute approximate surface area is 201 Å². The van der Waals surface area contributed by atoms with Crippen molar-refractivity contribution in [1.82, 2.24) is 0 Å². The van der Waals surface area contributed by atoms with Crippen LogP contribution in [0, 0.1) is 5.92 Å². The Morgan fingerprint density at radius 1 is 0.886 bits per heavy atom. The van der Waals surface area contributed by atoms with Gasteiger partial charge in [0.05, 0.1) is 23.4 Å². The zero-order chi connectivity index (χ0) is 24.5. The maximum Gasteiger partial charge on any atom is 0.266 e. The third-order valence-electron chi connectivity index (χ3n) is 5.89. The third kappa shape index (κ3) is 4.50. The van der Waals surface area contributed by atoms with Crippen molar-refractivity contribution in [2.45, 2.75) is 19.8 Å². The largest absolute Gasteiger partial charge is 0.494 e. The number of nitrogens with zero attached hydrogens (tertiary/aromatic N) is 1. The summed E-state index contributed by atoms with van der Waals surface area (Å²) in [7, 11) is 0. The molecule has 176 valence electrons. The zero-order valence-corrected chi connectivity index (χ0v) is 19.0. The molecule has 0 saturated heterocycles. The number of fused-ring (bicyclic) bond motifs is 1. The number of carbonyl (C=O) groups is 4. The lowest BCUT2D eigenvalue weighted by Gasteiger charge is -2.14. The number of nitrogens with one attached hydrogen (secondary N) is 2. The van der Waals surface area contributed by atoms with Gasteiger partial charge in [-0.1, -0.05) is 6.07 Å². The van der Waals surface area contributed by atoms with E-state index in [1.165, 1.54) is 18.2 Å². The van der Waals surface area contributed by atoms with Crippen molar-refractivity contribution in [3.63, 3.8) is 0 Å². The maximum absolute atomic E-state index is 13.1. The molecule has 0 bridgehead atoms. The number of amides is 4. The van der Waals surface area contributed by atoms with Crippen LogP contribution >= 0.6 is 0 Å². The normalized spacial score (nSPS) is 14.5. The molecule has 1 heterocycles. The monoisotopic (exact) mass is 469 g/mol. The van der Waals surface area contributed by atoms with Crippen LogP contribution in [0.1, 0.15) is 50.8 Å². The topological polar surface area (TPSA) is 105 Å². The molecule has 4 amide bonds. The van der Waals surface area contributed by atoms with Gasteiger partial charge in [-0.2, -0.15) is 0 Å². The molecule has 0 spiro atoms. The van der Waals surface area contributed by atoms with Crippen molar-refractivity contribution in [3.8, 4) is 5.75 Å². The first-order valence-corrected chi connectivity index (χ1v) is 11.4. The number of rotatable bonds is 7. The fourth-order valence-corrected chi connectivity index (χ4v) is 3.94. The number of anilines is 3.